The van der Waals surface area contributed by atoms with Crippen LogP contribution in [0.2, 0.25) is 0 Å². The van der Waals surface area contributed by atoms with Gasteiger partial charge in [-0.15, -0.1) is 0 Å². The van der Waals surface area contributed by atoms with Gasteiger partial charge in [-0.25, -0.2) is 4.79 Å². The molecule has 0 bridgehead atoms. The summed E-state index contributed by atoms with van der Waals surface area (Å²) >= 11 is 2.15. The minimum atomic E-state index is -0.855. The number of aromatic carboxylic acids is 1. The van der Waals surface area contributed by atoms with Crippen molar-refractivity contribution < 1.29 is 14.6 Å². The molecular weight excluding hydrogens is 333 g/mol. The van der Waals surface area contributed by atoms with E-state index in [-0.39, 0.29) is 6.04 Å². The molecule has 0 aliphatic carbocycles. The van der Waals surface area contributed by atoms with Gasteiger partial charge in [0.05, 0.1) is 0 Å². The van der Waals surface area contributed by atoms with Crippen molar-refractivity contribution >= 4 is 28.6 Å². The molecule has 0 radical (unpaired) electrons. The first-order valence-electron chi connectivity index (χ1n) is 5.78. The smallest absolute Gasteiger partial charge is 0.352 e. The average Bonchev–Trinajstić information content (AvgIpc) is 2.72. The van der Waals surface area contributed by atoms with Crippen LogP contribution >= 0.6 is 22.6 Å². The lowest BCUT2D eigenvalue weighted by molar-refractivity contribution is 0.0497. The zero-order valence-electron chi connectivity index (χ0n) is 9.73. The van der Waals surface area contributed by atoms with Gasteiger partial charge in [0.15, 0.2) is 0 Å². The Morgan fingerprint density at radius 3 is 2.82 bits per heavy atom. The quantitative estimate of drug-likeness (QED) is 0.854. The van der Waals surface area contributed by atoms with Gasteiger partial charge in [0.1, 0.15) is 5.69 Å². The number of nitrogens with zero attached hydrogens (tertiary/aromatic N) is 1. The lowest BCUT2D eigenvalue weighted by Gasteiger charge is -2.29. The molecule has 1 atom stereocenters. The van der Waals surface area contributed by atoms with Crippen molar-refractivity contribution in [2.75, 3.05) is 13.2 Å². The zero-order chi connectivity index (χ0) is 12.4. The molecule has 1 unspecified atom stereocenters. The molecule has 4 nitrogen and oxygen atoms in total. The highest BCUT2D eigenvalue weighted by molar-refractivity contribution is 14.1. The summed E-state index contributed by atoms with van der Waals surface area (Å²) in [5.74, 6) is -0.350. The summed E-state index contributed by atoms with van der Waals surface area (Å²) in [5.41, 5.74) is 0.383. The maximum absolute atomic E-state index is 11.2. The van der Waals surface area contributed by atoms with Crippen LogP contribution in [0.15, 0.2) is 12.3 Å². The van der Waals surface area contributed by atoms with E-state index in [2.05, 4.69) is 29.5 Å². The van der Waals surface area contributed by atoms with E-state index in [0.29, 0.717) is 11.6 Å². The third kappa shape index (κ3) is 2.82. The van der Waals surface area contributed by atoms with Crippen LogP contribution in [0.25, 0.3) is 0 Å². The van der Waals surface area contributed by atoms with E-state index < -0.39 is 5.97 Å². The molecule has 0 spiro atoms. The summed E-state index contributed by atoms with van der Waals surface area (Å²) < 4.78 is 8.20. The molecule has 1 aromatic rings. The molecule has 2 heterocycles. The Morgan fingerprint density at radius 2 is 2.24 bits per heavy atom. The maximum Gasteiger partial charge on any atom is 0.352 e. The number of carboxylic acid groups (broad SMARTS) is 1. The van der Waals surface area contributed by atoms with Crippen molar-refractivity contribution in [1.29, 1.82) is 0 Å². The Hall–Kier alpha value is -0.560. The largest absolute Gasteiger partial charge is 0.477 e. The normalized spacial score (nSPS) is 19.2. The fraction of sp³-hybridized carbons (Fsp3) is 0.583. The van der Waals surface area contributed by atoms with E-state index in [0.717, 1.165) is 29.6 Å². The van der Waals surface area contributed by atoms with Crippen LogP contribution in [-0.2, 0) is 4.74 Å². The third-order valence-electron chi connectivity index (χ3n) is 3.42. The zero-order valence-corrected chi connectivity index (χ0v) is 11.9. The number of carboxylic acids is 1. The topological polar surface area (TPSA) is 51.5 Å². The van der Waals surface area contributed by atoms with Gasteiger partial charge >= 0.3 is 5.97 Å². The number of ether oxygens (including phenoxy) is 1. The number of hydrogen-bond donors (Lipinski definition) is 1. The first kappa shape index (κ1) is 12.9. The summed E-state index contributed by atoms with van der Waals surface area (Å²) in [7, 11) is 0. The van der Waals surface area contributed by atoms with Gasteiger partial charge < -0.3 is 14.4 Å². The molecular formula is C12H16INO3. The van der Waals surface area contributed by atoms with Crippen LogP contribution in [0.4, 0.5) is 0 Å². The van der Waals surface area contributed by atoms with Gasteiger partial charge in [0.2, 0.25) is 0 Å². The molecule has 1 aliphatic heterocycles. The van der Waals surface area contributed by atoms with E-state index in [1.807, 2.05) is 10.8 Å². The number of rotatable bonds is 3. The van der Waals surface area contributed by atoms with Crippen molar-refractivity contribution in [1.82, 2.24) is 4.57 Å². The molecule has 0 aromatic carbocycles. The van der Waals surface area contributed by atoms with Crippen LogP contribution < -0.4 is 0 Å². The van der Waals surface area contributed by atoms with Crippen molar-refractivity contribution in [2.24, 2.45) is 5.92 Å². The van der Waals surface area contributed by atoms with Crippen LogP contribution in [0.1, 0.15) is 36.3 Å². The van der Waals surface area contributed by atoms with Gasteiger partial charge in [-0.2, -0.15) is 0 Å². The minimum Gasteiger partial charge on any atom is -0.477 e. The second-order valence-electron chi connectivity index (χ2n) is 4.45. The van der Waals surface area contributed by atoms with Gasteiger partial charge in [0.25, 0.3) is 0 Å². The predicted octanol–water partition coefficient (Wildman–Crippen LogP) is 2.78. The fourth-order valence-corrected chi connectivity index (χ4v) is 2.97. The SMILES string of the molecule is CC(C1CCOCC1)n1cc(I)cc1C(=O)O. The van der Waals surface area contributed by atoms with Crippen LogP contribution in [0.3, 0.4) is 0 Å². The Kier molecular flexibility index (Phi) is 4.09. The van der Waals surface area contributed by atoms with Crippen LogP contribution in [0.5, 0.6) is 0 Å². The highest BCUT2D eigenvalue weighted by Crippen LogP contribution is 2.29. The van der Waals surface area contributed by atoms with Gasteiger partial charge in [-0.1, -0.05) is 0 Å². The molecule has 1 saturated heterocycles. The molecule has 1 aliphatic rings. The fourth-order valence-electron chi connectivity index (χ4n) is 2.38. The molecule has 0 amide bonds. The Labute approximate surface area is 114 Å². The molecule has 94 valence electrons. The summed E-state index contributed by atoms with van der Waals surface area (Å²) in [4.78, 5) is 11.2. The molecule has 1 N–H and O–H groups in total. The Balaban J connectivity index is 2.22. The highest BCUT2D eigenvalue weighted by atomic mass is 127. The highest BCUT2D eigenvalue weighted by Gasteiger charge is 2.25. The number of carbonyl (C=O) groups is 1. The summed E-state index contributed by atoms with van der Waals surface area (Å²) in [6, 6.07) is 1.94. The van der Waals surface area contributed by atoms with E-state index >= 15 is 0 Å². The number of hydrogen-bond acceptors (Lipinski definition) is 2. The lowest BCUT2D eigenvalue weighted by atomic mass is 9.92. The summed E-state index contributed by atoms with van der Waals surface area (Å²) in [6.07, 6.45) is 3.94. The maximum atomic E-state index is 11.2. The third-order valence-corrected chi connectivity index (χ3v) is 4.01. The summed E-state index contributed by atoms with van der Waals surface area (Å²) in [5, 5.41) is 9.18. The molecule has 1 fully saturated rings. The number of aromatic nitrogens is 1. The van der Waals surface area contributed by atoms with Gasteiger partial charge in [-0.3, -0.25) is 0 Å². The molecule has 0 saturated carbocycles. The second kappa shape index (κ2) is 5.39. The molecule has 1 aromatic heterocycles. The molecule has 17 heavy (non-hydrogen) atoms. The average molecular weight is 349 g/mol. The van der Waals surface area contributed by atoms with Crippen molar-refractivity contribution in [3.05, 3.63) is 21.5 Å². The van der Waals surface area contributed by atoms with Gasteiger partial charge in [0, 0.05) is 29.0 Å². The first-order valence-corrected chi connectivity index (χ1v) is 6.86. The van der Waals surface area contributed by atoms with E-state index in [1.165, 1.54) is 0 Å². The van der Waals surface area contributed by atoms with Crippen molar-refractivity contribution in [3.63, 3.8) is 0 Å². The second-order valence-corrected chi connectivity index (χ2v) is 5.69. The van der Waals surface area contributed by atoms with E-state index in [1.54, 1.807) is 6.07 Å². The van der Waals surface area contributed by atoms with Gasteiger partial charge in [-0.05, 0) is 54.3 Å². The molecule has 2 rings (SSSR count). The van der Waals surface area contributed by atoms with Crippen LogP contribution in [-0.4, -0.2) is 28.9 Å². The van der Waals surface area contributed by atoms with Crippen molar-refractivity contribution in [2.45, 2.75) is 25.8 Å². The monoisotopic (exact) mass is 349 g/mol. The Bertz CT molecular complexity index is 410. The summed E-state index contributed by atoms with van der Waals surface area (Å²) in [6.45, 7) is 3.67. The molecule has 5 heteroatoms. The minimum absolute atomic E-state index is 0.216. The lowest BCUT2D eigenvalue weighted by Crippen LogP contribution is -2.25. The first-order chi connectivity index (χ1) is 8.09. The standard InChI is InChI=1S/C12H16INO3/c1-8(9-2-4-17-5-3-9)14-7-10(13)6-11(14)12(15)16/h6-9H,2-5H2,1H3,(H,15,16). The van der Waals surface area contributed by atoms with Crippen LogP contribution in [0, 0.1) is 9.49 Å². The number of halogens is 1. The van der Waals surface area contributed by atoms with Crippen molar-refractivity contribution in [3.8, 4) is 0 Å². The predicted molar refractivity (Wildman–Crippen MR) is 72.4 cm³/mol. The Morgan fingerprint density at radius 1 is 1.59 bits per heavy atom. The van der Waals surface area contributed by atoms with E-state index in [4.69, 9.17) is 4.74 Å². The van der Waals surface area contributed by atoms with E-state index in [9.17, 15) is 9.90 Å².